The molecule has 0 aliphatic carbocycles. The summed E-state index contributed by atoms with van der Waals surface area (Å²) in [5, 5.41) is 18.2. The van der Waals surface area contributed by atoms with Crippen LogP contribution in [0.5, 0.6) is 11.5 Å². The summed E-state index contributed by atoms with van der Waals surface area (Å²) >= 11 is 0. The van der Waals surface area contributed by atoms with Gasteiger partial charge in [-0.2, -0.15) is 5.26 Å². The van der Waals surface area contributed by atoms with Gasteiger partial charge in [-0.1, -0.05) is 12.1 Å². The number of ether oxygens (including phenoxy) is 2. The van der Waals surface area contributed by atoms with E-state index in [1.807, 2.05) is 38.1 Å². The zero-order valence-electron chi connectivity index (χ0n) is 17.6. The van der Waals surface area contributed by atoms with E-state index in [0.29, 0.717) is 24.3 Å². The smallest absolute Gasteiger partial charge is 0.303 e. The van der Waals surface area contributed by atoms with E-state index in [4.69, 9.17) is 14.6 Å². The Labute approximate surface area is 177 Å². The third-order valence-corrected chi connectivity index (χ3v) is 5.07. The standard InChI is InChI=1S/C24H28N2O4/c1-17(2)30-23-8-5-18(12-21(23)14-25)16-29-22-7-6-20-15-26(10-3-4-24(27)28)11-9-19(20)13-22/h5-8,12-13,17H,3-4,9-11,15-16H2,1-2H3,(H,27,28). The predicted molar refractivity (Wildman–Crippen MR) is 114 cm³/mol. The van der Waals surface area contributed by atoms with Crippen molar-refractivity contribution < 1.29 is 19.4 Å². The molecule has 0 aromatic heterocycles. The molecular formula is C24H28N2O4. The molecule has 6 heteroatoms. The van der Waals surface area contributed by atoms with Crippen molar-refractivity contribution in [2.75, 3.05) is 13.1 Å². The highest BCUT2D eigenvalue weighted by molar-refractivity contribution is 5.66. The minimum atomic E-state index is -0.738. The molecule has 30 heavy (non-hydrogen) atoms. The summed E-state index contributed by atoms with van der Waals surface area (Å²) in [6.45, 7) is 6.84. The highest BCUT2D eigenvalue weighted by Gasteiger charge is 2.17. The van der Waals surface area contributed by atoms with Crippen molar-refractivity contribution in [3.63, 3.8) is 0 Å². The number of fused-ring (bicyclic) bond motifs is 1. The molecule has 3 rings (SSSR count). The zero-order chi connectivity index (χ0) is 21.5. The number of carboxylic acids is 1. The minimum Gasteiger partial charge on any atom is -0.490 e. The summed E-state index contributed by atoms with van der Waals surface area (Å²) in [5.41, 5.74) is 3.98. The first-order chi connectivity index (χ1) is 14.4. The van der Waals surface area contributed by atoms with Gasteiger partial charge in [0.1, 0.15) is 24.2 Å². The molecule has 0 saturated heterocycles. The molecule has 0 atom stereocenters. The second-order valence-electron chi connectivity index (χ2n) is 7.85. The maximum atomic E-state index is 10.7. The van der Waals surface area contributed by atoms with Crippen LogP contribution in [0.4, 0.5) is 0 Å². The van der Waals surface area contributed by atoms with Crippen LogP contribution in [0.2, 0.25) is 0 Å². The lowest BCUT2D eigenvalue weighted by Gasteiger charge is -2.28. The third kappa shape index (κ3) is 5.98. The summed E-state index contributed by atoms with van der Waals surface area (Å²) in [6, 6.07) is 13.9. The van der Waals surface area contributed by atoms with Crippen molar-refractivity contribution in [2.45, 2.75) is 52.4 Å². The Hall–Kier alpha value is -3.04. The van der Waals surface area contributed by atoms with Gasteiger partial charge in [0.25, 0.3) is 0 Å². The van der Waals surface area contributed by atoms with Crippen molar-refractivity contribution in [2.24, 2.45) is 0 Å². The van der Waals surface area contributed by atoms with Crippen LogP contribution in [0.3, 0.4) is 0 Å². The van der Waals surface area contributed by atoms with E-state index in [1.165, 1.54) is 11.1 Å². The molecule has 158 valence electrons. The van der Waals surface area contributed by atoms with Crippen LogP contribution in [-0.2, 0) is 24.4 Å². The lowest BCUT2D eigenvalue weighted by atomic mass is 9.99. The second-order valence-corrected chi connectivity index (χ2v) is 7.85. The first-order valence-electron chi connectivity index (χ1n) is 10.3. The number of nitriles is 1. The fourth-order valence-corrected chi connectivity index (χ4v) is 3.60. The molecule has 2 aromatic carbocycles. The number of hydrogen-bond donors (Lipinski definition) is 1. The third-order valence-electron chi connectivity index (χ3n) is 5.07. The number of benzene rings is 2. The van der Waals surface area contributed by atoms with Gasteiger partial charge < -0.3 is 14.6 Å². The lowest BCUT2D eigenvalue weighted by molar-refractivity contribution is -0.137. The van der Waals surface area contributed by atoms with Crippen LogP contribution in [0.1, 0.15) is 48.9 Å². The molecule has 0 unspecified atom stereocenters. The Kier molecular flexibility index (Phi) is 7.31. The van der Waals surface area contributed by atoms with E-state index in [9.17, 15) is 10.1 Å². The average Bonchev–Trinajstić information content (AvgIpc) is 2.72. The van der Waals surface area contributed by atoms with Gasteiger partial charge in [-0.3, -0.25) is 9.69 Å². The summed E-state index contributed by atoms with van der Waals surface area (Å²) < 4.78 is 11.6. The fourth-order valence-electron chi connectivity index (χ4n) is 3.60. The van der Waals surface area contributed by atoms with Crippen molar-refractivity contribution in [3.05, 3.63) is 58.7 Å². The van der Waals surface area contributed by atoms with Gasteiger partial charge in [-0.25, -0.2) is 0 Å². The van der Waals surface area contributed by atoms with E-state index in [-0.39, 0.29) is 12.5 Å². The average molecular weight is 408 g/mol. The van der Waals surface area contributed by atoms with Crippen LogP contribution in [0, 0.1) is 11.3 Å². The second kappa shape index (κ2) is 10.1. The van der Waals surface area contributed by atoms with Crippen molar-refractivity contribution >= 4 is 5.97 Å². The molecule has 1 heterocycles. The molecule has 6 nitrogen and oxygen atoms in total. The van der Waals surface area contributed by atoms with Crippen LogP contribution in [-0.4, -0.2) is 35.2 Å². The van der Waals surface area contributed by atoms with E-state index < -0.39 is 5.97 Å². The van der Waals surface area contributed by atoms with Gasteiger partial charge in [0.05, 0.1) is 11.7 Å². The zero-order valence-corrected chi connectivity index (χ0v) is 17.6. The molecule has 0 amide bonds. The van der Waals surface area contributed by atoms with Gasteiger partial charge in [0.15, 0.2) is 0 Å². The van der Waals surface area contributed by atoms with Crippen molar-refractivity contribution in [1.29, 1.82) is 5.26 Å². The number of carboxylic acid groups (broad SMARTS) is 1. The van der Waals surface area contributed by atoms with Crippen LogP contribution < -0.4 is 9.47 Å². The van der Waals surface area contributed by atoms with E-state index >= 15 is 0 Å². The molecule has 0 fully saturated rings. The molecule has 1 aliphatic heterocycles. The van der Waals surface area contributed by atoms with Gasteiger partial charge >= 0.3 is 5.97 Å². The highest BCUT2D eigenvalue weighted by atomic mass is 16.5. The Morgan fingerprint density at radius 2 is 2.07 bits per heavy atom. The number of aliphatic carboxylic acids is 1. The number of rotatable bonds is 9. The number of hydrogen-bond acceptors (Lipinski definition) is 5. The normalized spacial score (nSPS) is 13.5. The van der Waals surface area contributed by atoms with Gasteiger partial charge in [-0.15, -0.1) is 0 Å². The molecule has 0 radical (unpaired) electrons. The van der Waals surface area contributed by atoms with Gasteiger partial charge in [0, 0.05) is 19.5 Å². The maximum absolute atomic E-state index is 10.7. The van der Waals surface area contributed by atoms with Gasteiger partial charge in [0.2, 0.25) is 0 Å². The molecule has 1 aliphatic rings. The summed E-state index contributed by atoms with van der Waals surface area (Å²) in [4.78, 5) is 13.0. The molecule has 0 spiro atoms. The SMILES string of the molecule is CC(C)Oc1ccc(COc2ccc3c(c2)CCN(CCCC(=O)O)C3)cc1C#N. The van der Waals surface area contributed by atoms with E-state index in [0.717, 1.165) is 37.4 Å². The summed E-state index contributed by atoms with van der Waals surface area (Å²) in [5.74, 6) is 0.671. The van der Waals surface area contributed by atoms with E-state index in [2.05, 4.69) is 23.1 Å². The fraction of sp³-hybridized carbons (Fsp3) is 0.417. The van der Waals surface area contributed by atoms with Crippen LogP contribution >= 0.6 is 0 Å². The highest BCUT2D eigenvalue weighted by Crippen LogP contribution is 2.26. The Bertz CT molecular complexity index is 933. The lowest BCUT2D eigenvalue weighted by Crippen LogP contribution is -2.31. The largest absolute Gasteiger partial charge is 0.490 e. The summed E-state index contributed by atoms with van der Waals surface area (Å²) in [7, 11) is 0. The van der Waals surface area contributed by atoms with Crippen molar-refractivity contribution in [3.8, 4) is 17.6 Å². The van der Waals surface area contributed by atoms with E-state index in [1.54, 1.807) is 0 Å². The summed E-state index contributed by atoms with van der Waals surface area (Å²) in [6.07, 6.45) is 1.84. The monoisotopic (exact) mass is 408 g/mol. The molecule has 0 bridgehead atoms. The quantitative estimate of drug-likeness (QED) is 0.671. The molecule has 0 saturated carbocycles. The number of nitrogens with zero attached hydrogens (tertiary/aromatic N) is 2. The number of carbonyl (C=O) groups is 1. The van der Waals surface area contributed by atoms with Crippen LogP contribution in [0.25, 0.3) is 0 Å². The first-order valence-corrected chi connectivity index (χ1v) is 10.3. The minimum absolute atomic E-state index is 0.0165. The molecule has 2 aromatic rings. The first kappa shape index (κ1) is 21.7. The topological polar surface area (TPSA) is 82.8 Å². The predicted octanol–water partition coefficient (Wildman–Crippen LogP) is 4.15. The van der Waals surface area contributed by atoms with Crippen LogP contribution in [0.15, 0.2) is 36.4 Å². The Balaban J connectivity index is 1.58. The van der Waals surface area contributed by atoms with Gasteiger partial charge in [-0.05, 0) is 74.2 Å². The molecular weight excluding hydrogens is 380 g/mol. The Morgan fingerprint density at radius 1 is 1.23 bits per heavy atom. The Morgan fingerprint density at radius 3 is 2.80 bits per heavy atom. The molecule has 1 N–H and O–H groups in total. The maximum Gasteiger partial charge on any atom is 0.303 e. The van der Waals surface area contributed by atoms with Crippen molar-refractivity contribution in [1.82, 2.24) is 4.90 Å².